The Morgan fingerprint density at radius 1 is 1.57 bits per heavy atom. The van der Waals surface area contributed by atoms with Crippen LogP contribution in [0.5, 0.6) is 0 Å². The van der Waals surface area contributed by atoms with Gasteiger partial charge in [0.2, 0.25) is 0 Å². The maximum Gasteiger partial charge on any atom is 0.102 e. The lowest BCUT2D eigenvalue weighted by Gasteiger charge is -2.00. The van der Waals surface area contributed by atoms with Crippen LogP contribution >= 0.6 is 0 Å². The van der Waals surface area contributed by atoms with Crippen LogP contribution in [0.15, 0.2) is 11.5 Å². The van der Waals surface area contributed by atoms with Crippen molar-refractivity contribution in [3.8, 4) is 0 Å². The molecule has 1 heteroatoms. The van der Waals surface area contributed by atoms with Crippen molar-refractivity contribution in [3.63, 3.8) is 0 Å². The van der Waals surface area contributed by atoms with Gasteiger partial charge in [-0.15, -0.1) is 5.98 Å². The smallest absolute Gasteiger partial charge is 0.102 e. The molecule has 0 amide bonds. The van der Waals surface area contributed by atoms with Crippen molar-refractivity contribution in [1.29, 1.82) is 0 Å². The van der Waals surface area contributed by atoms with E-state index in [1.807, 2.05) is 6.92 Å². The van der Waals surface area contributed by atoms with Crippen LogP contribution in [0.3, 0.4) is 0 Å². The summed E-state index contributed by atoms with van der Waals surface area (Å²) in [7, 11) is 5.21. The Morgan fingerprint density at radius 2 is 2.00 bits per heavy atom. The summed E-state index contributed by atoms with van der Waals surface area (Å²) < 4.78 is 0. The summed E-state index contributed by atoms with van der Waals surface area (Å²) >= 11 is 0. The molecule has 0 rings (SSSR count). The SMILES string of the molecule is [B]C=C(C)C(C)C. The molecular weight excluding hydrogens is 82.9 g/mol. The summed E-state index contributed by atoms with van der Waals surface area (Å²) in [6.45, 7) is 6.28. The quantitative estimate of drug-likeness (QED) is 0.434. The molecule has 0 nitrogen and oxygen atoms in total. The Bertz CT molecular complexity index is 72.2. The van der Waals surface area contributed by atoms with Crippen molar-refractivity contribution >= 4 is 7.85 Å². The first-order chi connectivity index (χ1) is 3.18. The molecule has 0 fully saturated rings. The fraction of sp³-hybridized carbons (Fsp3) is 0.667. The second-order valence-electron chi connectivity index (χ2n) is 2.07. The van der Waals surface area contributed by atoms with Gasteiger partial charge in [-0.2, -0.15) is 0 Å². The molecule has 0 saturated heterocycles. The standard InChI is InChI=1S/C6H11B/c1-5(2)6(3)4-7/h4-5H,1-3H3. The van der Waals surface area contributed by atoms with Gasteiger partial charge in [0, 0.05) is 0 Å². The van der Waals surface area contributed by atoms with Crippen LogP contribution < -0.4 is 0 Å². The summed E-state index contributed by atoms with van der Waals surface area (Å²) in [5.74, 6) is 2.26. The van der Waals surface area contributed by atoms with Gasteiger partial charge in [-0.25, -0.2) is 0 Å². The molecule has 0 spiro atoms. The Morgan fingerprint density at radius 3 is 2.00 bits per heavy atom. The zero-order chi connectivity index (χ0) is 5.86. The van der Waals surface area contributed by atoms with E-state index in [0.717, 1.165) is 0 Å². The summed E-state index contributed by atoms with van der Waals surface area (Å²) in [6, 6.07) is 0. The van der Waals surface area contributed by atoms with Crippen molar-refractivity contribution in [2.75, 3.05) is 0 Å². The van der Waals surface area contributed by atoms with Crippen molar-refractivity contribution in [3.05, 3.63) is 11.5 Å². The third kappa shape index (κ3) is 2.49. The number of rotatable bonds is 1. The molecule has 0 N–H and O–H groups in total. The zero-order valence-electron chi connectivity index (χ0n) is 5.23. The molecule has 0 saturated carbocycles. The van der Waals surface area contributed by atoms with Gasteiger partial charge in [-0.05, 0) is 12.8 Å². The van der Waals surface area contributed by atoms with E-state index in [0.29, 0.717) is 5.92 Å². The van der Waals surface area contributed by atoms with E-state index in [4.69, 9.17) is 7.85 Å². The number of hydrogen-bond donors (Lipinski definition) is 0. The van der Waals surface area contributed by atoms with Gasteiger partial charge in [-0.3, -0.25) is 0 Å². The first-order valence-corrected chi connectivity index (χ1v) is 2.57. The van der Waals surface area contributed by atoms with Gasteiger partial charge in [0.15, 0.2) is 0 Å². The minimum atomic E-state index is 0.602. The number of hydrogen-bond acceptors (Lipinski definition) is 0. The van der Waals surface area contributed by atoms with Gasteiger partial charge in [0.1, 0.15) is 7.85 Å². The summed E-state index contributed by atoms with van der Waals surface area (Å²) in [4.78, 5) is 0. The van der Waals surface area contributed by atoms with Crippen LogP contribution in [0.25, 0.3) is 0 Å². The predicted octanol–water partition coefficient (Wildman–Crippen LogP) is 1.71. The molecule has 38 valence electrons. The van der Waals surface area contributed by atoms with E-state index in [2.05, 4.69) is 13.8 Å². The Kier molecular flexibility index (Phi) is 2.81. The van der Waals surface area contributed by atoms with Crippen LogP contribution in [0.1, 0.15) is 20.8 Å². The van der Waals surface area contributed by atoms with E-state index < -0.39 is 0 Å². The summed E-state index contributed by atoms with van der Waals surface area (Å²) in [6.07, 6.45) is 0. The van der Waals surface area contributed by atoms with Crippen molar-refractivity contribution in [2.24, 2.45) is 5.92 Å². The average Bonchev–Trinajstić information content (AvgIpc) is 1.65. The fourth-order valence-corrected chi connectivity index (χ4v) is 0.192. The minimum absolute atomic E-state index is 0.602. The average molecular weight is 94.0 g/mol. The Balaban J connectivity index is 3.56. The second-order valence-corrected chi connectivity index (χ2v) is 2.07. The minimum Gasteiger partial charge on any atom is -0.132 e. The summed E-state index contributed by atoms with van der Waals surface area (Å²) in [5.41, 5.74) is 1.25. The molecule has 7 heavy (non-hydrogen) atoms. The van der Waals surface area contributed by atoms with E-state index in [1.165, 1.54) is 5.57 Å². The highest BCUT2D eigenvalue weighted by molar-refractivity contribution is 6.17. The van der Waals surface area contributed by atoms with Gasteiger partial charge in [-0.1, -0.05) is 19.4 Å². The molecule has 0 aromatic rings. The largest absolute Gasteiger partial charge is 0.132 e. The zero-order valence-corrected chi connectivity index (χ0v) is 5.23. The predicted molar refractivity (Wildman–Crippen MR) is 34.3 cm³/mol. The maximum absolute atomic E-state index is 5.21. The molecule has 0 aromatic carbocycles. The van der Waals surface area contributed by atoms with Crippen LogP contribution in [0.4, 0.5) is 0 Å². The molecule has 0 aliphatic carbocycles. The van der Waals surface area contributed by atoms with Crippen LogP contribution in [-0.4, -0.2) is 7.85 Å². The monoisotopic (exact) mass is 94.1 g/mol. The van der Waals surface area contributed by atoms with Crippen LogP contribution in [0.2, 0.25) is 0 Å². The van der Waals surface area contributed by atoms with Crippen molar-refractivity contribution in [1.82, 2.24) is 0 Å². The highest BCUT2D eigenvalue weighted by Gasteiger charge is 1.89. The van der Waals surface area contributed by atoms with Crippen LogP contribution in [0, 0.1) is 5.92 Å². The molecule has 0 aromatic heterocycles. The molecule has 2 radical (unpaired) electrons. The third-order valence-electron chi connectivity index (χ3n) is 1.17. The number of allylic oxidation sites excluding steroid dienone is 1. The van der Waals surface area contributed by atoms with Crippen molar-refractivity contribution in [2.45, 2.75) is 20.8 Å². The first-order valence-electron chi connectivity index (χ1n) is 2.57. The summed E-state index contributed by atoms with van der Waals surface area (Å²) in [5, 5.41) is 0. The molecule has 0 bridgehead atoms. The van der Waals surface area contributed by atoms with Gasteiger partial charge >= 0.3 is 0 Å². The van der Waals surface area contributed by atoms with E-state index in [9.17, 15) is 0 Å². The molecule has 0 heterocycles. The molecule has 0 unspecified atom stereocenters. The highest BCUT2D eigenvalue weighted by atomic mass is 13.9. The van der Waals surface area contributed by atoms with Gasteiger partial charge in [0.05, 0.1) is 0 Å². The van der Waals surface area contributed by atoms with E-state index in [1.54, 1.807) is 5.98 Å². The second kappa shape index (κ2) is 2.89. The topological polar surface area (TPSA) is 0 Å². The Hall–Kier alpha value is -0.195. The fourth-order valence-electron chi connectivity index (χ4n) is 0.192. The van der Waals surface area contributed by atoms with E-state index >= 15 is 0 Å². The lowest BCUT2D eigenvalue weighted by atomic mass is 9.98. The Labute approximate surface area is 47.0 Å². The molecule has 0 aliphatic heterocycles. The van der Waals surface area contributed by atoms with Crippen LogP contribution in [-0.2, 0) is 0 Å². The highest BCUT2D eigenvalue weighted by Crippen LogP contribution is 2.04. The van der Waals surface area contributed by atoms with Gasteiger partial charge < -0.3 is 0 Å². The molecule has 0 atom stereocenters. The first kappa shape index (κ1) is 6.80. The van der Waals surface area contributed by atoms with E-state index in [-0.39, 0.29) is 0 Å². The normalized spacial score (nSPS) is 12.9. The maximum atomic E-state index is 5.21. The lowest BCUT2D eigenvalue weighted by Crippen LogP contribution is -1.86. The molecular formula is C6H11B. The van der Waals surface area contributed by atoms with Crippen molar-refractivity contribution < 1.29 is 0 Å². The lowest BCUT2D eigenvalue weighted by molar-refractivity contribution is 0.771. The third-order valence-corrected chi connectivity index (χ3v) is 1.17. The molecule has 0 aliphatic rings. The van der Waals surface area contributed by atoms with Gasteiger partial charge in [0.25, 0.3) is 0 Å².